The van der Waals surface area contributed by atoms with E-state index in [0.29, 0.717) is 0 Å². The quantitative estimate of drug-likeness (QED) is 0.160. The van der Waals surface area contributed by atoms with Crippen LogP contribution in [0.2, 0.25) is 0 Å². The van der Waals surface area contributed by atoms with Gasteiger partial charge in [0.15, 0.2) is 0 Å². The number of benzene rings is 7. The van der Waals surface area contributed by atoms with E-state index in [1.165, 1.54) is 22.2 Å². The topological polar surface area (TPSA) is 59.0 Å². The van der Waals surface area contributed by atoms with Gasteiger partial charge in [0.2, 0.25) is 11.8 Å². The van der Waals surface area contributed by atoms with Crippen LogP contribution in [-0.4, -0.2) is 6.71 Å². The number of aryl methyl sites for hydroxylation is 2. The molecule has 6 heterocycles. The summed E-state index contributed by atoms with van der Waals surface area (Å²) in [6.07, 6.45) is 3.83. The van der Waals surface area contributed by atoms with Gasteiger partial charge in [-0.1, -0.05) is 128 Å². The van der Waals surface area contributed by atoms with Crippen LogP contribution < -0.4 is 26.2 Å². The van der Waals surface area contributed by atoms with E-state index in [9.17, 15) is 0 Å². The molecule has 72 heavy (non-hydrogen) atoms. The van der Waals surface area contributed by atoms with Gasteiger partial charge in [-0.2, -0.15) is 0 Å². The third kappa shape index (κ3) is 6.35. The second-order valence-electron chi connectivity index (χ2n) is 22.9. The number of para-hydroxylation sites is 2. The average Bonchev–Trinajstić information content (AvgIpc) is 4.15. The lowest BCUT2D eigenvalue weighted by Crippen LogP contribution is -2.61. The first-order valence-corrected chi connectivity index (χ1v) is 25.5. The number of hydrogen-bond acceptors (Lipinski definition) is 6. The van der Waals surface area contributed by atoms with Crippen molar-refractivity contribution >= 4 is 101 Å². The number of fused-ring (bicyclic) bond motifs is 10. The monoisotopic (exact) mass is 942 g/mol. The van der Waals surface area contributed by atoms with E-state index >= 15 is 0 Å². The van der Waals surface area contributed by atoms with E-state index in [-0.39, 0.29) is 23.5 Å². The van der Waals surface area contributed by atoms with Crippen LogP contribution in [0.15, 0.2) is 152 Å². The van der Waals surface area contributed by atoms with Crippen molar-refractivity contribution in [2.24, 2.45) is 0 Å². The minimum Gasteiger partial charge on any atom is -0.464 e. The summed E-state index contributed by atoms with van der Waals surface area (Å²) < 4.78 is 27.4. The van der Waals surface area contributed by atoms with Crippen LogP contribution in [0.25, 0.3) is 66.1 Å². The molecule has 2 aliphatic rings. The molecule has 0 bridgehead atoms. The molecule has 0 aliphatic carbocycles. The van der Waals surface area contributed by atoms with E-state index in [4.69, 9.17) is 17.7 Å². The second-order valence-corrected chi connectivity index (χ2v) is 22.9. The smallest absolute Gasteiger partial charge is 0.262 e. The highest BCUT2D eigenvalue weighted by Gasteiger charge is 2.50. The van der Waals surface area contributed by atoms with Gasteiger partial charge >= 0.3 is 0 Å². The van der Waals surface area contributed by atoms with Crippen molar-refractivity contribution in [3.8, 4) is 22.3 Å². The van der Waals surface area contributed by atoms with Gasteiger partial charge in [-0.05, 0) is 149 Å². The second kappa shape index (κ2) is 15.4. The highest BCUT2D eigenvalue weighted by Crippen LogP contribution is 2.53. The largest absolute Gasteiger partial charge is 0.464 e. The molecule has 7 aromatic carbocycles. The third-order valence-corrected chi connectivity index (χ3v) is 16.0. The minimum absolute atomic E-state index is 0.102. The predicted molar refractivity (Wildman–Crippen MR) is 301 cm³/mol. The van der Waals surface area contributed by atoms with Crippen LogP contribution in [0.4, 0.5) is 34.5 Å². The summed E-state index contributed by atoms with van der Waals surface area (Å²) in [5.41, 5.74) is 23.9. The Balaban J connectivity index is 1.19. The normalized spacial score (nSPS) is 13.6. The van der Waals surface area contributed by atoms with Crippen molar-refractivity contribution in [2.75, 3.05) is 9.80 Å². The van der Waals surface area contributed by atoms with Crippen molar-refractivity contribution in [1.82, 2.24) is 0 Å². The van der Waals surface area contributed by atoms with E-state index in [0.717, 1.165) is 134 Å². The maximum Gasteiger partial charge on any atom is 0.262 e. The van der Waals surface area contributed by atoms with Crippen molar-refractivity contribution in [3.05, 3.63) is 173 Å². The molecule has 4 aromatic heterocycles. The summed E-state index contributed by atoms with van der Waals surface area (Å²) in [5.74, 6) is 1.87. The lowest BCUT2D eigenvalue weighted by atomic mass is 9.33. The van der Waals surface area contributed by atoms with Crippen LogP contribution in [-0.2, 0) is 10.8 Å². The zero-order valence-corrected chi connectivity index (χ0v) is 43.4. The van der Waals surface area contributed by atoms with Crippen molar-refractivity contribution in [2.45, 2.75) is 99.8 Å². The highest BCUT2D eigenvalue weighted by molar-refractivity contribution is 7.02. The molecular weight excluding hydrogens is 884 g/mol. The van der Waals surface area contributed by atoms with E-state index in [1.54, 1.807) is 0 Å². The fourth-order valence-corrected chi connectivity index (χ4v) is 12.1. The SMILES string of the molecule is Cc1ccc(-c2coc3ccccc23)c(C)c1N1c2cc(C(C)C)cc3c2B(c2c1oc1ccc(C(C)(C)C)cc21)c1c(oc2ccc(C(C)(C)C)cc12)N3c1c(C)ccc(-c2coc3ccccc23)c1C. The molecule has 2 aliphatic heterocycles. The van der Waals surface area contributed by atoms with Crippen LogP contribution in [0.5, 0.6) is 0 Å². The molecule has 6 nitrogen and oxygen atoms in total. The van der Waals surface area contributed by atoms with Crippen LogP contribution >= 0.6 is 0 Å². The molecule has 0 spiro atoms. The Kier molecular flexibility index (Phi) is 9.50. The van der Waals surface area contributed by atoms with E-state index < -0.39 is 0 Å². The number of furan rings is 4. The standard InChI is InChI=1S/C65H59BN2O4/c1-35(2)40-29-51-59-52(30-40)68(61-37(4)22-26-44(39(61)6)50-34-70-54-20-16-14-18-46(50)54)63-58(48-32-42(65(10,11)12)24-28-56(48)72-63)66(59)57-47-31-41(64(7,8)9)23-27-55(47)71-62(57)67(51)60-36(3)21-25-43(38(60)5)49-33-69-53-19-15-13-17-45(49)53/h13-35H,1-12H3. The molecule has 0 N–H and O–H groups in total. The maximum absolute atomic E-state index is 7.47. The van der Waals surface area contributed by atoms with Crippen LogP contribution in [0.3, 0.4) is 0 Å². The van der Waals surface area contributed by atoms with Gasteiger partial charge < -0.3 is 17.7 Å². The number of anilines is 6. The molecule has 356 valence electrons. The summed E-state index contributed by atoms with van der Waals surface area (Å²) in [7, 11) is 0. The summed E-state index contributed by atoms with van der Waals surface area (Å²) in [5, 5.41) is 4.42. The molecule has 0 amide bonds. The minimum atomic E-state index is -0.245. The van der Waals surface area contributed by atoms with Crippen molar-refractivity contribution in [1.29, 1.82) is 0 Å². The summed E-state index contributed by atoms with van der Waals surface area (Å²) in [4.78, 5) is 4.95. The summed E-state index contributed by atoms with van der Waals surface area (Å²) >= 11 is 0. The zero-order chi connectivity index (χ0) is 49.9. The Hall–Kier alpha value is -7.64. The van der Waals surface area contributed by atoms with Gasteiger partial charge in [-0.3, -0.25) is 9.80 Å². The van der Waals surface area contributed by atoms with Gasteiger partial charge in [0, 0.05) is 55.0 Å². The first kappa shape index (κ1) is 44.3. The van der Waals surface area contributed by atoms with Gasteiger partial charge in [0.1, 0.15) is 22.3 Å². The number of nitrogens with zero attached hydrogens (tertiary/aromatic N) is 2. The third-order valence-electron chi connectivity index (χ3n) is 16.0. The fourth-order valence-electron chi connectivity index (χ4n) is 12.1. The molecule has 0 unspecified atom stereocenters. The van der Waals surface area contributed by atoms with Gasteiger partial charge in [-0.15, -0.1) is 0 Å². The van der Waals surface area contributed by atoms with Gasteiger partial charge in [0.05, 0.1) is 23.9 Å². The molecule has 11 aromatic rings. The number of rotatable bonds is 5. The van der Waals surface area contributed by atoms with E-state index in [1.807, 2.05) is 36.8 Å². The van der Waals surface area contributed by atoms with E-state index in [2.05, 4.69) is 190 Å². The Morgan fingerprint density at radius 3 is 1.29 bits per heavy atom. The molecule has 0 radical (unpaired) electrons. The summed E-state index contributed by atoms with van der Waals surface area (Å²) in [6.45, 7) is 27.2. The zero-order valence-electron chi connectivity index (χ0n) is 43.4. The molecule has 0 fully saturated rings. The van der Waals surface area contributed by atoms with Crippen LogP contribution in [0, 0.1) is 27.7 Å². The number of hydrogen-bond donors (Lipinski definition) is 0. The molecule has 0 saturated heterocycles. The van der Waals surface area contributed by atoms with Gasteiger partial charge in [-0.25, -0.2) is 0 Å². The molecule has 0 atom stereocenters. The Bertz CT molecular complexity index is 3810. The molecule has 0 saturated carbocycles. The molecule has 13 rings (SSSR count). The van der Waals surface area contributed by atoms with Crippen LogP contribution in [0.1, 0.15) is 100 Å². The molecule has 7 heteroatoms. The lowest BCUT2D eigenvalue weighted by molar-refractivity contribution is 0.589. The maximum atomic E-state index is 7.47. The van der Waals surface area contributed by atoms with Gasteiger partial charge in [0.25, 0.3) is 6.71 Å². The fraction of sp³-hybridized carbons (Fsp3) is 0.231. The van der Waals surface area contributed by atoms with Crippen molar-refractivity contribution in [3.63, 3.8) is 0 Å². The van der Waals surface area contributed by atoms with Crippen molar-refractivity contribution < 1.29 is 17.7 Å². The first-order valence-electron chi connectivity index (χ1n) is 25.5. The Morgan fingerprint density at radius 1 is 0.444 bits per heavy atom. The summed E-state index contributed by atoms with van der Waals surface area (Å²) in [6, 6.07) is 44.3. The Labute approximate surface area is 421 Å². The molecular formula is C65H59BN2O4. The average molecular weight is 943 g/mol. The lowest BCUT2D eigenvalue weighted by Gasteiger charge is -2.42. The first-order chi connectivity index (χ1) is 34.5. The Morgan fingerprint density at radius 2 is 0.875 bits per heavy atom. The highest BCUT2D eigenvalue weighted by atomic mass is 16.4. The predicted octanol–water partition coefficient (Wildman–Crippen LogP) is 17.0.